The Bertz CT molecular complexity index is 361. The van der Waals surface area contributed by atoms with Gasteiger partial charge in [0.2, 0.25) is 0 Å². The van der Waals surface area contributed by atoms with Gasteiger partial charge in [0, 0.05) is 6.04 Å². The van der Waals surface area contributed by atoms with E-state index >= 15 is 0 Å². The van der Waals surface area contributed by atoms with Crippen LogP contribution < -0.4 is 5.73 Å². The Morgan fingerprint density at radius 1 is 1.53 bits per heavy atom. The van der Waals surface area contributed by atoms with Gasteiger partial charge in [0.1, 0.15) is 0 Å². The summed E-state index contributed by atoms with van der Waals surface area (Å²) >= 11 is 0. The zero-order valence-electron chi connectivity index (χ0n) is 9.16. The third kappa shape index (κ3) is 3.06. The third-order valence-electron chi connectivity index (χ3n) is 2.57. The van der Waals surface area contributed by atoms with Gasteiger partial charge in [0.15, 0.2) is 0 Å². The van der Waals surface area contributed by atoms with Gasteiger partial charge in [-0.25, -0.2) is 0 Å². The Kier molecular flexibility index (Phi) is 3.86. The van der Waals surface area contributed by atoms with Gasteiger partial charge in [-0.3, -0.25) is 4.79 Å². The largest absolute Gasteiger partial charge is 0.481 e. The second-order valence-corrected chi connectivity index (χ2v) is 3.74. The van der Waals surface area contributed by atoms with Crippen LogP contribution in [0, 0.1) is 6.92 Å². The van der Waals surface area contributed by atoms with Gasteiger partial charge in [0.25, 0.3) is 0 Å². The predicted octanol–water partition coefficient (Wildman–Crippen LogP) is 2.03. The summed E-state index contributed by atoms with van der Waals surface area (Å²) in [6.07, 6.45) is 0.963. The molecular formula is C12H17NO2. The van der Waals surface area contributed by atoms with Crippen LogP contribution in [0.3, 0.4) is 0 Å². The molecule has 0 amide bonds. The molecule has 0 spiro atoms. The number of carboxylic acids is 1. The average Bonchev–Trinajstić information content (AvgIpc) is 2.16. The molecule has 0 heterocycles. The molecule has 0 saturated carbocycles. The first-order valence-electron chi connectivity index (χ1n) is 5.11. The van der Waals surface area contributed by atoms with E-state index in [1.807, 2.05) is 25.1 Å². The summed E-state index contributed by atoms with van der Waals surface area (Å²) in [5, 5.41) is 8.64. The van der Waals surface area contributed by atoms with Crippen molar-refractivity contribution in [2.75, 3.05) is 0 Å². The van der Waals surface area contributed by atoms with Gasteiger partial charge >= 0.3 is 5.97 Å². The topological polar surface area (TPSA) is 63.3 Å². The monoisotopic (exact) mass is 207 g/mol. The van der Waals surface area contributed by atoms with Crippen LogP contribution in [0.2, 0.25) is 0 Å². The first kappa shape index (κ1) is 11.7. The summed E-state index contributed by atoms with van der Waals surface area (Å²) in [5.74, 6) is -0.861. The minimum absolute atomic E-state index is 0.0229. The molecule has 1 rings (SSSR count). The van der Waals surface area contributed by atoms with Crippen molar-refractivity contribution >= 4 is 5.97 Å². The van der Waals surface area contributed by atoms with Crippen LogP contribution in [0.4, 0.5) is 0 Å². The minimum Gasteiger partial charge on any atom is -0.481 e. The van der Waals surface area contributed by atoms with E-state index in [2.05, 4.69) is 6.92 Å². The molecule has 0 bridgehead atoms. The zero-order valence-corrected chi connectivity index (χ0v) is 9.16. The number of carboxylic acid groups (broad SMARTS) is 1. The summed E-state index contributed by atoms with van der Waals surface area (Å²) in [4.78, 5) is 10.5. The number of hydrogen-bond acceptors (Lipinski definition) is 2. The lowest BCUT2D eigenvalue weighted by molar-refractivity contribution is -0.137. The SMILES string of the molecule is CCc1ccc(C(N)CC(=O)O)cc1C. The Balaban J connectivity index is 2.87. The highest BCUT2D eigenvalue weighted by atomic mass is 16.4. The lowest BCUT2D eigenvalue weighted by atomic mass is 9.98. The summed E-state index contributed by atoms with van der Waals surface area (Å²) in [6.45, 7) is 4.12. The van der Waals surface area contributed by atoms with Crippen molar-refractivity contribution in [1.29, 1.82) is 0 Å². The van der Waals surface area contributed by atoms with Gasteiger partial charge in [0.05, 0.1) is 6.42 Å². The van der Waals surface area contributed by atoms with Crippen LogP contribution in [0.5, 0.6) is 0 Å². The van der Waals surface area contributed by atoms with E-state index in [-0.39, 0.29) is 6.42 Å². The molecule has 1 aromatic carbocycles. The zero-order chi connectivity index (χ0) is 11.4. The lowest BCUT2D eigenvalue weighted by Gasteiger charge is -2.12. The summed E-state index contributed by atoms with van der Waals surface area (Å²) in [7, 11) is 0. The third-order valence-corrected chi connectivity index (χ3v) is 2.57. The van der Waals surface area contributed by atoms with Crippen LogP contribution in [-0.4, -0.2) is 11.1 Å². The van der Waals surface area contributed by atoms with Crippen molar-refractivity contribution in [3.05, 3.63) is 34.9 Å². The number of aliphatic carboxylic acids is 1. The number of benzene rings is 1. The standard InChI is InChI=1S/C12H17NO2/c1-3-9-4-5-10(6-8(9)2)11(13)7-12(14)15/h4-6,11H,3,7,13H2,1-2H3,(H,14,15). The van der Waals surface area contributed by atoms with Crippen molar-refractivity contribution in [3.63, 3.8) is 0 Å². The van der Waals surface area contributed by atoms with Crippen LogP contribution in [0.25, 0.3) is 0 Å². The van der Waals surface area contributed by atoms with Crippen molar-refractivity contribution in [1.82, 2.24) is 0 Å². The molecule has 1 unspecified atom stereocenters. The molecule has 15 heavy (non-hydrogen) atoms. The van der Waals surface area contributed by atoms with Gasteiger partial charge in [-0.1, -0.05) is 25.1 Å². The van der Waals surface area contributed by atoms with Gasteiger partial charge in [-0.2, -0.15) is 0 Å². The van der Waals surface area contributed by atoms with Crippen molar-refractivity contribution in [2.45, 2.75) is 32.7 Å². The lowest BCUT2D eigenvalue weighted by Crippen LogP contribution is -2.15. The molecule has 0 aliphatic heterocycles. The summed E-state index contributed by atoms with van der Waals surface area (Å²) in [6, 6.07) is 5.50. The summed E-state index contributed by atoms with van der Waals surface area (Å²) in [5.41, 5.74) is 9.13. The van der Waals surface area contributed by atoms with Gasteiger partial charge < -0.3 is 10.8 Å². The fraction of sp³-hybridized carbons (Fsp3) is 0.417. The first-order valence-corrected chi connectivity index (χ1v) is 5.11. The molecule has 0 aliphatic carbocycles. The maximum atomic E-state index is 10.5. The molecule has 0 saturated heterocycles. The number of nitrogens with two attached hydrogens (primary N) is 1. The smallest absolute Gasteiger partial charge is 0.305 e. The molecular weight excluding hydrogens is 190 g/mol. The maximum Gasteiger partial charge on any atom is 0.305 e. The Labute approximate surface area is 89.9 Å². The highest BCUT2D eigenvalue weighted by Gasteiger charge is 2.11. The normalized spacial score (nSPS) is 12.5. The highest BCUT2D eigenvalue weighted by Crippen LogP contribution is 2.18. The molecule has 1 atom stereocenters. The molecule has 0 radical (unpaired) electrons. The maximum absolute atomic E-state index is 10.5. The van der Waals surface area contributed by atoms with E-state index in [1.165, 1.54) is 11.1 Å². The Morgan fingerprint density at radius 3 is 2.67 bits per heavy atom. The van der Waals surface area contributed by atoms with E-state index in [9.17, 15) is 4.79 Å². The molecule has 82 valence electrons. The number of rotatable bonds is 4. The van der Waals surface area contributed by atoms with Crippen LogP contribution in [0.1, 0.15) is 36.1 Å². The van der Waals surface area contributed by atoms with Crippen molar-refractivity contribution < 1.29 is 9.90 Å². The highest BCUT2D eigenvalue weighted by molar-refractivity contribution is 5.67. The quantitative estimate of drug-likeness (QED) is 0.794. The second kappa shape index (κ2) is 4.94. The Hall–Kier alpha value is -1.35. The number of aryl methyl sites for hydroxylation is 2. The van der Waals surface area contributed by atoms with E-state index in [0.29, 0.717) is 0 Å². The number of hydrogen-bond donors (Lipinski definition) is 2. The molecule has 0 aromatic heterocycles. The van der Waals surface area contributed by atoms with Gasteiger partial charge in [-0.05, 0) is 30.0 Å². The molecule has 0 fully saturated rings. The number of carbonyl (C=O) groups is 1. The van der Waals surface area contributed by atoms with E-state index < -0.39 is 12.0 Å². The van der Waals surface area contributed by atoms with Crippen LogP contribution in [-0.2, 0) is 11.2 Å². The molecule has 0 aliphatic rings. The molecule has 3 nitrogen and oxygen atoms in total. The predicted molar refractivity (Wildman–Crippen MR) is 59.7 cm³/mol. The fourth-order valence-electron chi connectivity index (χ4n) is 1.65. The summed E-state index contributed by atoms with van der Waals surface area (Å²) < 4.78 is 0. The molecule has 1 aromatic rings. The van der Waals surface area contributed by atoms with E-state index in [4.69, 9.17) is 10.8 Å². The van der Waals surface area contributed by atoms with Crippen molar-refractivity contribution in [3.8, 4) is 0 Å². The molecule has 3 heteroatoms. The van der Waals surface area contributed by atoms with Crippen LogP contribution in [0.15, 0.2) is 18.2 Å². The minimum atomic E-state index is -0.861. The van der Waals surface area contributed by atoms with Gasteiger partial charge in [-0.15, -0.1) is 0 Å². The molecule has 3 N–H and O–H groups in total. The average molecular weight is 207 g/mol. The van der Waals surface area contributed by atoms with Crippen LogP contribution >= 0.6 is 0 Å². The Morgan fingerprint density at radius 2 is 2.20 bits per heavy atom. The fourth-order valence-corrected chi connectivity index (χ4v) is 1.65. The van der Waals surface area contributed by atoms with Crippen molar-refractivity contribution in [2.24, 2.45) is 5.73 Å². The van der Waals surface area contributed by atoms with E-state index in [1.54, 1.807) is 0 Å². The first-order chi connectivity index (χ1) is 7.04. The second-order valence-electron chi connectivity index (χ2n) is 3.74. The van der Waals surface area contributed by atoms with E-state index in [0.717, 1.165) is 12.0 Å².